The number of aldehydes is 1. The molecule has 0 bridgehead atoms. The van der Waals surface area contributed by atoms with Gasteiger partial charge < -0.3 is 4.57 Å². The number of aromatic nitrogens is 1. The van der Waals surface area contributed by atoms with Crippen molar-refractivity contribution in [2.75, 3.05) is 0 Å². The number of carbonyl (C=O) groups excluding carboxylic acids is 1. The third kappa shape index (κ3) is 2.75. The molecule has 0 aliphatic carbocycles. The van der Waals surface area contributed by atoms with Gasteiger partial charge in [0.15, 0.2) is 6.29 Å². The minimum atomic E-state index is 0.482. The molecule has 0 saturated heterocycles. The van der Waals surface area contributed by atoms with Crippen LogP contribution in [0.1, 0.15) is 61.4 Å². The van der Waals surface area contributed by atoms with Crippen LogP contribution in [0.25, 0.3) is 0 Å². The van der Waals surface area contributed by atoms with E-state index in [-0.39, 0.29) is 0 Å². The van der Waals surface area contributed by atoms with Crippen molar-refractivity contribution in [3.8, 4) is 0 Å². The van der Waals surface area contributed by atoms with Crippen LogP contribution in [0.5, 0.6) is 0 Å². The first-order valence-corrected chi connectivity index (χ1v) is 6.11. The zero-order chi connectivity index (χ0) is 12.3. The Hall–Kier alpha value is -1.05. The molecular formula is C14H23NO. The van der Waals surface area contributed by atoms with E-state index >= 15 is 0 Å². The van der Waals surface area contributed by atoms with Crippen molar-refractivity contribution in [2.45, 2.75) is 53.5 Å². The molecule has 90 valence electrons. The molecule has 0 N–H and O–H groups in total. The predicted octanol–water partition coefficient (Wildman–Crippen LogP) is 3.91. The Balaban J connectivity index is 2.86. The summed E-state index contributed by atoms with van der Waals surface area (Å²) in [5, 5.41) is 0. The largest absolute Gasteiger partial charge is 0.346 e. The van der Waals surface area contributed by atoms with E-state index in [2.05, 4.69) is 32.3 Å². The number of hydrogen-bond donors (Lipinski definition) is 0. The maximum atomic E-state index is 10.9. The van der Waals surface area contributed by atoms with E-state index in [0.29, 0.717) is 6.04 Å². The monoisotopic (exact) mass is 221 g/mol. The van der Waals surface area contributed by atoms with Crippen LogP contribution in [-0.4, -0.2) is 10.9 Å². The fourth-order valence-corrected chi connectivity index (χ4v) is 2.30. The molecule has 0 amide bonds. The number of hydrogen-bond acceptors (Lipinski definition) is 1. The van der Waals surface area contributed by atoms with Crippen molar-refractivity contribution in [3.05, 3.63) is 23.0 Å². The van der Waals surface area contributed by atoms with Gasteiger partial charge in [0.05, 0.1) is 0 Å². The Morgan fingerprint density at radius 1 is 1.25 bits per heavy atom. The van der Waals surface area contributed by atoms with Gasteiger partial charge in [-0.25, -0.2) is 0 Å². The maximum Gasteiger partial charge on any atom is 0.151 e. The van der Waals surface area contributed by atoms with Crippen molar-refractivity contribution in [2.24, 2.45) is 5.92 Å². The summed E-state index contributed by atoms with van der Waals surface area (Å²) in [7, 11) is 0. The third-order valence-corrected chi connectivity index (χ3v) is 3.25. The van der Waals surface area contributed by atoms with E-state index < -0.39 is 0 Å². The van der Waals surface area contributed by atoms with Crippen LogP contribution in [0.4, 0.5) is 0 Å². The molecule has 1 aromatic heterocycles. The Kier molecular flexibility index (Phi) is 4.34. The summed E-state index contributed by atoms with van der Waals surface area (Å²) in [6.45, 7) is 10.8. The molecule has 1 rings (SSSR count). The average molecular weight is 221 g/mol. The van der Waals surface area contributed by atoms with Gasteiger partial charge >= 0.3 is 0 Å². The van der Waals surface area contributed by atoms with Crippen LogP contribution in [0.3, 0.4) is 0 Å². The van der Waals surface area contributed by atoms with Gasteiger partial charge in [0.2, 0.25) is 0 Å². The van der Waals surface area contributed by atoms with Crippen LogP contribution in [0.15, 0.2) is 6.07 Å². The second kappa shape index (κ2) is 5.33. The number of carbonyl (C=O) groups is 1. The van der Waals surface area contributed by atoms with Crippen LogP contribution < -0.4 is 0 Å². The Morgan fingerprint density at radius 2 is 1.88 bits per heavy atom. The molecule has 0 aliphatic heterocycles. The van der Waals surface area contributed by atoms with Crippen molar-refractivity contribution >= 4 is 6.29 Å². The molecular weight excluding hydrogens is 198 g/mol. The van der Waals surface area contributed by atoms with Crippen LogP contribution in [0, 0.1) is 19.8 Å². The first-order valence-electron chi connectivity index (χ1n) is 6.11. The predicted molar refractivity (Wildman–Crippen MR) is 68.1 cm³/mol. The van der Waals surface area contributed by atoms with E-state index in [9.17, 15) is 4.79 Å². The van der Waals surface area contributed by atoms with Crippen molar-refractivity contribution in [1.82, 2.24) is 4.57 Å². The number of aryl methyl sites for hydroxylation is 1. The fourth-order valence-electron chi connectivity index (χ4n) is 2.30. The van der Waals surface area contributed by atoms with E-state index in [1.54, 1.807) is 0 Å². The van der Waals surface area contributed by atoms with E-state index in [4.69, 9.17) is 0 Å². The minimum absolute atomic E-state index is 0.482. The molecule has 0 aliphatic rings. The average Bonchev–Trinajstić information content (AvgIpc) is 2.50. The van der Waals surface area contributed by atoms with Crippen molar-refractivity contribution in [1.29, 1.82) is 0 Å². The molecule has 1 unspecified atom stereocenters. The van der Waals surface area contributed by atoms with E-state index in [0.717, 1.165) is 23.5 Å². The topological polar surface area (TPSA) is 22.0 Å². The summed E-state index contributed by atoms with van der Waals surface area (Å²) >= 11 is 0. The van der Waals surface area contributed by atoms with Gasteiger partial charge in [-0.3, -0.25) is 4.79 Å². The second-order valence-corrected chi connectivity index (χ2v) is 5.13. The normalized spacial score (nSPS) is 13.1. The standard InChI is InChI=1S/C14H23NO/c1-10(2)6-7-11(3)15-12(4)8-14(9-16)13(15)5/h8-11H,6-7H2,1-5H3. The number of rotatable bonds is 5. The fraction of sp³-hybridized carbons (Fsp3) is 0.643. The van der Waals surface area contributed by atoms with Crippen LogP contribution >= 0.6 is 0 Å². The minimum Gasteiger partial charge on any atom is -0.346 e. The summed E-state index contributed by atoms with van der Waals surface area (Å²) in [5.74, 6) is 0.740. The van der Waals surface area contributed by atoms with Crippen molar-refractivity contribution < 1.29 is 4.79 Å². The summed E-state index contributed by atoms with van der Waals surface area (Å²) in [4.78, 5) is 10.9. The Labute approximate surface area is 98.7 Å². The Bertz CT molecular complexity index is 363. The zero-order valence-electron chi connectivity index (χ0n) is 11.1. The highest BCUT2D eigenvalue weighted by Crippen LogP contribution is 2.23. The highest BCUT2D eigenvalue weighted by Gasteiger charge is 2.13. The Morgan fingerprint density at radius 3 is 2.31 bits per heavy atom. The number of nitrogens with zero attached hydrogens (tertiary/aromatic N) is 1. The highest BCUT2D eigenvalue weighted by molar-refractivity contribution is 5.77. The third-order valence-electron chi connectivity index (χ3n) is 3.25. The van der Waals surface area contributed by atoms with Gasteiger partial charge in [-0.15, -0.1) is 0 Å². The lowest BCUT2D eigenvalue weighted by Gasteiger charge is -2.19. The summed E-state index contributed by atoms with van der Waals surface area (Å²) in [6, 6.07) is 2.46. The van der Waals surface area contributed by atoms with Gasteiger partial charge in [0.1, 0.15) is 0 Å². The summed E-state index contributed by atoms with van der Waals surface area (Å²) in [6.07, 6.45) is 3.36. The molecule has 2 heteroatoms. The summed E-state index contributed by atoms with van der Waals surface area (Å²) in [5.41, 5.74) is 3.12. The van der Waals surface area contributed by atoms with Gasteiger partial charge in [-0.2, -0.15) is 0 Å². The molecule has 0 spiro atoms. The quantitative estimate of drug-likeness (QED) is 0.691. The van der Waals surface area contributed by atoms with Crippen molar-refractivity contribution in [3.63, 3.8) is 0 Å². The lowest BCUT2D eigenvalue weighted by Crippen LogP contribution is -2.10. The molecule has 0 radical (unpaired) electrons. The molecule has 1 heterocycles. The van der Waals surface area contributed by atoms with Crippen LogP contribution in [-0.2, 0) is 0 Å². The van der Waals surface area contributed by atoms with E-state index in [1.807, 2.05) is 13.0 Å². The summed E-state index contributed by atoms with van der Waals surface area (Å²) < 4.78 is 2.28. The highest BCUT2D eigenvalue weighted by atomic mass is 16.1. The maximum absolute atomic E-state index is 10.9. The molecule has 0 saturated carbocycles. The van der Waals surface area contributed by atoms with Gasteiger partial charge in [0, 0.05) is 23.0 Å². The lowest BCUT2D eigenvalue weighted by molar-refractivity contribution is 0.112. The van der Waals surface area contributed by atoms with Crippen LogP contribution in [0.2, 0.25) is 0 Å². The first-order chi connectivity index (χ1) is 7.47. The van der Waals surface area contributed by atoms with Gasteiger partial charge in [-0.05, 0) is 45.6 Å². The van der Waals surface area contributed by atoms with Gasteiger partial charge in [-0.1, -0.05) is 13.8 Å². The first kappa shape index (κ1) is 13.0. The molecule has 1 aromatic rings. The smallest absolute Gasteiger partial charge is 0.151 e. The molecule has 16 heavy (non-hydrogen) atoms. The molecule has 0 fully saturated rings. The second-order valence-electron chi connectivity index (χ2n) is 5.13. The SMILES string of the molecule is Cc1cc(C=O)c(C)n1C(C)CCC(C)C. The zero-order valence-corrected chi connectivity index (χ0v) is 11.1. The van der Waals surface area contributed by atoms with E-state index in [1.165, 1.54) is 18.5 Å². The molecule has 2 nitrogen and oxygen atoms in total. The molecule has 1 atom stereocenters. The van der Waals surface area contributed by atoms with Gasteiger partial charge in [0.25, 0.3) is 0 Å². The lowest BCUT2D eigenvalue weighted by atomic mass is 10.0. The molecule has 0 aromatic carbocycles.